The van der Waals surface area contributed by atoms with Gasteiger partial charge >= 0.3 is 5.97 Å². The Labute approximate surface area is 109 Å². The molecule has 7 nitrogen and oxygen atoms in total. The molecule has 1 heterocycles. The van der Waals surface area contributed by atoms with E-state index in [0.29, 0.717) is 10.2 Å². The van der Waals surface area contributed by atoms with Gasteiger partial charge in [-0.05, 0) is 22.0 Å². The van der Waals surface area contributed by atoms with Crippen LogP contribution in [0.25, 0.3) is 5.69 Å². The Bertz CT molecular complexity index is 638. The van der Waals surface area contributed by atoms with Crippen LogP contribution in [0.1, 0.15) is 10.4 Å². The molecule has 2 rings (SSSR count). The quantitative estimate of drug-likeness (QED) is 0.692. The van der Waals surface area contributed by atoms with Crippen LogP contribution in [0.15, 0.2) is 35.1 Å². The van der Waals surface area contributed by atoms with Gasteiger partial charge in [-0.15, -0.1) is 0 Å². The highest BCUT2D eigenvalue weighted by atomic mass is 79.9. The molecule has 18 heavy (non-hydrogen) atoms. The van der Waals surface area contributed by atoms with Crippen molar-refractivity contribution in [3.63, 3.8) is 0 Å². The van der Waals surface area contributed by atoms with Crippen LogP contribution in [0.4, 0.5) is 5.69 Å². The second-order valence-corrected chi connectivity index (χ2v) is 4.23. The lowest BCUT2D eigenvalue weighted by atomic mass is 10.3. The van der Waals surface area contributed by atoms with Gasteiger partial charge in [0.1, 0.15) is 0 Å². The smallest absolute Gasteiger partial charge is 0.338 e. The van der Waals surface area contributed by atoms with Crippen molar-refractivity contribution in [1.82, 2.24) is 9.78 Å². The molecule has 0 spiro atoms. The van der Waals surface area contributed by atoms with E-state index in [1.807, 2.05) is 0 Å². The van der Waals surface area contributed by atoms with Gasteiger partial charge in [0.15, 0.2) is 0 Å². The number of carboxylic acid groups (broad SMARTS) is 1. The normalized spacial score (nSPS) is 10.3. The third kappa shape index (κ3) is 2.23. The number of hydrogen-bond donors (Lipinski definition) is 1. The highest BCUT2D eigenvalue weighted by Gasteiger charge is 2.12. The number of nitrogens with zero attached hydrogens (tertiary/aromatic N) is 3. The fraction of sp³-hybridized carbons (Fsp3) is 0. The zero-order valence-electron chi connectivity index (χ0n) is 8.78. The number of rotatable bonds is 3. The molecule has 1 aromatic heterocycles. The van der Waals surface area contributed by atoms with Gasteiger partial charge in [-0.2, -0.15) is 5.10 Å². The average Bonchev–Trinajstić information content (AvgIpc) is 2.78. The van der Waals surface area contributed by atoms with Crippen molar-refractivity contribution < 1.29 is 14.8 Å². The summed E-state index contributed by atoms with van der Waals surface area (Å²) in [6.07, 6.45) is 2.53. The first-order chi connectivity index (χ1) is 8.49. The number of benzene rings is 1. The zero-order chi connectivity index (χ0) is 13.3. The van der Waals surface area contributed by atoms with Crippen LogP contribution in [0.3, 0.4) is 0 Å². The maximum atomic E-state index is 10.7. The Hall–Kier alpha value is -2.22. The Morgan fingerprint density at radius 1 is 1.50 bits per heavy atom. The largest absolute Gasteiger partial charge is 0.478 e. The molecule has 8 heteroatoms. The van der Waals surface area contributed by atoms with Crippen molar-refractivity contribution in [3.05, 3.63) is 50.7 Å². The minimum atomic E-state index is -1.08. The fourth-order valence-electron chi connectivity index (χ4n) is 1.36. The molecule has 1 aromatic carbocycles. The van der Waals surface area contributed by atoms with Gasteiger partial charge in [0.05, 0.1) is 26.8 Å². The summed E-state index contributed by atoms with van der Waals surface area (Å²) >= 11 is 3.19. The van der Waals surface area contributed by atoms with E-state index in [2.05, 4.69) is 21.0 Å². The van der Waals surface area contributed by atoms with Crippen molar-refractivity contribution in [1.29, 1.82) is 0 Å². The van der Waals surface area contributed by atoms with Crippen molar-refractivity contribution >= 4 is 27.6 Å². The highest BCUT2D eigenvalue weighted by molar-refractivity contribution is 9.10. The van der Waals surface area contributed by atoms with Gasteiger partial charge < -0.3 is 5.11 Å². The monoisotopic (exact) mass is 311 g/mol. The highest BCUT2D eigenvalue weighted by Crippen LogP contribution is 2.25. The van der Waals surface area contributed by atoms with E-state index < -0.39 is 10.9 Å². The summed E-state index contributed by atoms with van der Waals surface area (Å²) in [5.41, 5.74) is 0.504. The van der Waals surface area contributed by atoms with Crippen LogP contribution in [0.2, 0.25) is 0 Å². The van der Waals surface area contributed by atoms with E-state index >= 15 is 0 Å². The fourth-order valence-corrected chi connectivity index (χ4v) is 1.91. The maximum Gasteiger partial charge on any atom is 0.338 e. The first-order valence-electron chi connectivity index (χ1n) is 4.71. The lowest BCUT2D eigenvalue weighted by Gasteiger charge is -2.03. The number of aromatic nitrogens is 2. The average molecular weight is 312 g/mol. The van der Waals surface area contributed by atoms with Crippen molar-refractivity contribution in [2.45, 2.75) is 0 Å². The SMILES string of the molecule is O=C(O)c1cnn(-c2ccc([N+](=O)[O-])cc2Br)c1. The number of nitro benzene ring substituents is 1. The van der Waals surface area contributed by atoms with Crippen LogP contribution in [-0.2, 0) is 0 Å². The Kier molecular flexibility index (Phi) is 3.11. The second kappa shape index (κ2) is 4.57. The van der Waals surface area contributed by atoms with Gasteiger partial charge in [0, 0.05) is 18.3 Å². The third-order valence-electron chi connectivity index (χ3n) is 2.22. The van der Waals surface area contributed by atoms with Crippen LogP contribution >= 0.6 is 15.9 Å². The number of carbonyl (C=O) groups is 1. The number of halogens is 1. The van der Waals surface area contributed by atoms with E-state index in [9.17, 15) is 14.9 Å². The molecule has 0 saturated heterocycles. The van der Waals surface area contributed by atoms with Crippen LogP contribution in [0, 0.1) is 10.1 Å². The molecule has 0 radical (unpaired) electrons. The number of hydrogen-bond acceptors (Lipinski definition) is 4. The summed E-state index contributed by atoms with van der Waals surface area (Å²) < 4.78 is 1.79. The van der Waals surface area contributed by atoms with Gasteiger partial charge in [-0.3, -0.25) is 10.1 Å². The van der Waals surface area contributed by atoms with Crippen molar-refractivity contribution in [2.24, 2.45) is 0 Å². The number of non-ortho nitro benzene ring substituents is 1. The van der Waals surface area contributed by atoms with E-state index in [0.717, 1.165) is 0 Å². The van der Waals surface area contributed by atoms with Gasteiger partial charge in [-0.25, -0.2) is 9.48 Å². The molecule has 1 N–H and O–H groups in total. The minimum absolute atomic E-state index is 0.0419. The predicted molar refractivity (Wildman–Crippen MR) is 64.9 cm³/mol. The molecule has 2 aromatic rings. The van der Waals surface area contributed by atoms with Crippen molar-refractivity contribution in [2.75, 3.05) is 0 Å². The summed E-state index contributed by atoms with van der Waals surface area (Å²) in [6.45, 7) is 0. The molecule has 0 atom stereocenters. The topological polar surface area (TPSA) is 98.3 Å². The van der Waals surface area contributed by atoms with E-state index in [-0.39, 0.29) is 11.3 Å². The summed E-state index contributed by atoms with van der Waals surface area (Å²) in [5, 5.41) is 23.2. The number of carboxylic acids is 1. The first-order valence-corrected chi connectivity index (χ1v) is 5.50. The summed E-state index contributed by atoms with van der Waals surface area (Å²) in [6, 6.07) is 4.14. The molecule has 0 saturated carbocycles. The molecule has 0 fully saturated rings. The Morgan fingerprint density at radius 2 is 2.22 bits per heavy atom. The zero-order valence-corrected chi connectivity index (χ0v) is 10.4. The predicted octanol–water partition coefficient (Wildman–Crippen LogP) is 2.24. The van der Waals surface area contributed by atoms with Gasteiger partial charge in [0.25, 0.3) is 5.69 Å². The second-order valence-electron chi connectivity index (χ2n) is 3.37. The van der Waals surface area contributed by atoms with Gasteiger partial charge in [0.2, 0.25) is 0 Å². The molecule has 0 aliphatic rings. The molecule has 0 aliphatic heterocycles. The number of aromatic carboxylic acids is 1. The van der Waals surface area contributed by atoms with Crippen molar-refractivity contribution in [3.8, 4) is 5.69 Å². The van der Waals surface area contributed by atoms with E-state index in [1.165, 1.54) is 35.3 Å². The Balaban J connectivity index is 2.44. The third-order valence-corrected chi connectivity index (χ3v) is 2.85. The number of nitro groups is 1. The minimum Gasteiger partial charge on any atom is -0.478 e. The van der Waals surface area contributed by atoms with Crippen LogP contribution in [-0.4, -0.2) is 25.8 Å². The van der Waals surface area contributed by atoms with E-state index in [1.54, 1.807) is 0 Å². The molecular weight excluding hydrogens is 306 g/mol. The maximum absolute atomic E-state index is 10.7. The molecule has 0 aliphatic carbocycles. The summed E-state index contributed by atoms with van der Waals surface area (Å²) in [7, 11) is 0. The standard InChI is InChI=1S/C10H6BrN3O4/c11-8-3-7(14(17)18)1-2-9(8)13-5-6(4-12-13)10(15)16/h1-5H,(H,15,16). The molecular formula is C10H6BrN3O4. The lowest BCUT2D eigenvalue weighted by Crippen LogP contribution is -1.98. The molecule has 0 unspecified atom stereocenters. The molecule has 0 amide bonds. The molecule has 0 bridgehead atoms. The van der Waals surface area contributed by atoms with Crippen LogP contribution in [0.5, 0.6) is 0 Å². The lowest BCUT2D eigenvalue weighted by molar-refractivity contribution is -0.384. The van der Waals surface area contributed by atoms with Crippen LogP contribution < -0.4 is 0 Å². The van der Waals surface area contributed by atoms with Gasteiger partial charge in [-0.1, -0.05) is 0 Å². The van der Waals surface area contributed by atoms with E-state index in [4.69, 9.17) is 5.11 Å². The first kappa shape index (κ1) is 12.2. The Morgan fingerprint density at radius 3 is 2.72 bits per heavy atom. The molecule has 92 valence electrons. The summed E-state index contributed by atoms with van der Waals surface area (Å²) in [4.78, 5) is 20.8. The summed E-state index contributed by atoms with van der Waals surface area (Å²) in [5.74, 6) is -1.08.